The van der Waals surface area contributed by atoms with Crippen molar-refractivity contribution in [2.45, 2.75) is 64.3 Å². The van der Waals surface area contributed by atoms with Crippen molar-refractivity contribution in [2.75, 3.05) is 13.2 Å². The molecule has 1 aliphatic carbocycles. The highest BCUT2D eigenvalue weighted by Gasteiger charge is 2.31. The third-order valence-electron chi connectivity index (χ3n) is 3.73. The SMILES string of the molecule is CCOCCCC1(N)CCCC(CC)C1. The second-order valence-electron chi connectivity index (χ2n) is 5.03. The van der Waals surface area contributed by atoms with E-state index in [9.17, 15) is 0 Å². The average Bonchev–Trinajstić information content (AvgIpc) is 2.24. The molecule has 1 aliphatic rings. The second-order valence-corrected chi connectivity index (χ2v) is 5.03. The minimum Gasteiger partial charge on any atom is -0.382 e. The average molecular weight is 213 g/mol. The Morgan fingerprint density at radius 2 is 2.20 bits per heavy atom. The summed E-state index contributed by atoms with van der Waals surface area (Å²) in [7, 11) is 0. The highest BCUT2D eigenvalue weighted by Crippen LogP contribution is 2.35. The molecule has 15 heavy (non-hydrogen) atoms. The van der Waals surface area contributed by atoms with Crippen molar-refractivity contribution in [3.63, 3.8) is 0 Å². The summed E-state index contributed by atoms with van der Waals surface area (Å²) in [4.78, 5) is 0. The molecule has 2 unspecified atom stereocenters. The molecule has 1 saturated carbocycles. The maximum atomic E-state index is 6.45. The van der Waals surface area contributed by atoms with Crippen LogP contribution in [0.1, 0.15) is 58.8 Å². The van der Waals surface area contributed by atoms with Crippen LogP contribution in [0.15, 0.2) is 0 Å². The lowest BCUT2D eigenvalue weighted by atomic mass is 9.73. The van der Waals surface area contributed by atoms with Crippen LogP contribution in [0.4, 0.5) is 0 Å². The topological polar surface area (TPSA) is 35.2 Å². The van der Waals surface area contributed by atoms with Crippen LogP contribution in [0.2, 0.25) is 0 Å². The van der Waals surface area contributed by atoms with Gasteiger partial charge in [-0.1, -0.05) is 26.2 Å². The first-order chi connectivity index (χ1) is 7.20. The molecule has 0 spiro atoms. The van der Waals surface area contributed by atoms with Crippen LogP contribution in [-0.4, -0.2) is 18.8 Å². The van der Waals surface area contributed by atoms with Gasteiger partial charge in [-0.15, -0.1) is 0 Å². The molecule has 0 aromatic rings. The third kappa shape index (κ3) is 4.52. The predicted octanol–water partition coefficient (Wildman–Crippen LogP) is 3.10. The molecule has 0 aromatic carbocycles. The molecular weight excluding hydrogens is 186 g/mol. The zero-order valence-corrected chi connectivity index (χ0v) is 10.4. The Bertz CT molecular complexity index is 172. The summed E-state index contributed by atoms with van der Waals surface area (Å²) in [6, 6.07) is 0. The molecule has 0 amide bonds. The normalized spacial score (nSPS) is 31.8. The first-order valence-corrected chi connectivity index (χ1v) is 6.57. The minimum atomic E-state index is 0.121. The summed E-state index contributed by atoms with van der Waals surface area (Å²) in [5, 5.41) is 0. The molecule has 0 heterocycles. The molecule has 1 rings (SSSR count). The van der Waals surface area contributed by atoms with Crippen LogP contribution in [0.25, 0.3) is 0 Å². The standard InChI is InChI=1S/C13H27NO/c1-3-12-7-5-8-13(14,11-12)9-6-10-15-4-2/h12H,3-11,14H2,1-2H3. The van der Waals surface area contributed by atoms with Crippen LogP contribution in [0, 0.1) is 5.92 Å². The van der Waals surface area contributed by atoms with Crippen molar-refractivity contribution in [1.82, 2.24) is 0 Å². The van der Waals surface area contributed by atoms with E-state index in [0.717, 1.165) is 32.0 Å². The predicted molar refractivity (Wildman–Crippen MR) is 64.9 cm³/mol. The van der Waals surface area contributed by atoms with Crippen molar-refractivity contribution in [2.24, 2.45) is 11.7 Å². The van der Waals surface area contributed by atoms with Gasteiger partial charge in [0, 0.05) is 18.8 Å². The van der Waals surface area contributed by atoms with Gasteiger partial charge >= 0.3 is 0 Å². The molecule has 0 aliphatic heterocycles. The zero-order chi connectivity index (χ0) is 11.1. The summed E-state index contributed by atoms with van der Waals surface area (Å²) in [6.07, 6.45) is 8.73. The van der Waals surface area contributed by atoms with Crippen LogP contribution in [-0.2, 0) is 4.74 Å². The van der Waals surface area contributed by atoms with Crippen LogP contribution in [0.3, 0.4) is 0 Å². The maximum Gasteiger partial charge on any atom is 0.0466 e. The van der Waals surface area contributed by atoms with Gasteiger partial charge in [0.15, 0.2) is 0 Å². The van der Waals surface area contributed by atoms with Gasteiger partial charge in [0.2, 0.25) is 0 Å². The minimum absolute atomic E-state index is 0.121. The molecule has 2 N–H and O–H groups in total. The Hall–Kier alpha value is -0.0800. The fourth-order valence-electron chi connectivity index (χ4n) is 2.77. The molecule has 0 bridgehead atoms. The summed E-state index contributed by atoms with van der Waals surface area (Å²) < 4.78 is 5.37. The van der Waals surface area contributed by atoms with Gasteiger partial charge in [0.05, 0.1) is 0 Å². The van der Waals surface area contributed by atoms with Gasteiger partial charge < -0.3 is 10.5 Å². The van der Waals surface area contributed by atoms with E-state index in [1.165, 1.54) is 32.1 Å². The number of ether oxygens (including phenoxy) is 1. The number of hydrogen-bond acceptors (Lipinski definition) is 2. The fourth-order valence-corrected chi connectivity index (χ4v) is 2.77. The largest absolute Gasteiger partial charge is 0.382 e. The van der Waals surface area contributed by atoms with E-state index in [2.05, 4.69) is 6.92 Å². The van der Waals surface area contributed by atoms with Crippen molar-refractivity contribution in [1.29, 1.82) is 0 Å². The first-order valence-electron chi connectivity index (χ1n) is 6.57. The zero-order valence-electron chi connectivity index (χ0n) is 10.4. The summed E-state index contributed by atoms with van der Waals surface area (Å²) >= 11 is 0. The van der Waals surface area contributed by atoms with Gasteiger partial charge in [-0.05, 0) is 38.5 Å². The van der Waals surface area contributed by atoms with E-state index in [1.54, 1.807) is 0 Å². The Balaban J connectivity index is 2.24. The monoisotopic (exact) mass is 213 g/mol. The van der Waals surface area contributed by atoms with E-state index in [4.69, 9.17) is 10.5 Å². The van der Waals surface area contributed by atoms with Crippen LogP contribution >= 0.6 is 0 Å². The lowest BCUT2D eigenvalue weighted by Gasteiger charge is -2.38. The van der Waals surface area contributed by atoms with Crippen LogP contribution in [0.5, 0.6) is 0 Å². The Morgan fingerprint density at radius 3 is 2.87 bits per heavy atom. The Morgan fingerprint density at radius 1 is 1.40 bits per heavy atom. The van der Waals surface area contributed by atoms with Gasteiger partial charge in [-0.2, -0.15) is 0 Å². The van der Waals surface area contributed by atoms with Crippen molar-refractivity contribution >= 4 is 0 Å². The van der Waals surface area contributed by atoms with Gasteiger partial charge in [0.25, 0.3) is 0 Å². The van der Waals surface area contributed by atoms with Gasteiger partial charge in [-0.25, -0.2) is 0 Å². The van der Waals surface area contributed by atoms with E-state index in [0.29, 0.717) is 0 Å². The fraction of sp³-hybridized carbons (Fsp3) is 1.00. The smallest absolute Gasteiger partial charge is 0.0466 e. The molecular formula is C13H27NO. The summed E-state index contributed by atoms with van der Waals surface area (Å²) in [5.74, 6) is 0.871. The van der Waals surface area contributed by atoms with E-state index in [1.807, 2.05) is 6.92 Å². The van der Waals surface area contributed by atoms with Gasteiger partial charge in [-0.3, -0.25) is 0 Å². The number of hydrogen-bond donors (Lipinski definition) is 1. The van der Waals surface area contributed by atoms with E-state index >= 15 is 0 Å². The van der Waals surface area contributed by atoms with Crippen LogP contribution < -0.4 is 5.73 Å². The second kappa shape index (κ2) is 6.49. The molecule has 0 aromatic heterocycles. The van der Waals surface area contributed by atoms with E-state index in [-0.39, 0.29) is 5.54 Å². The van der Waals surface area contributed by atoms with Gasteiger partial charge in [0.1, 0.15) is 0 Å². The Labute approximate surface area is 94.6 Å². The lowest BCUT2D eigenvalue weighted by Crippen LogP contribution is -2.44. The number of nitrogens with two attached hydrogens (primary N) is 1. The molecule has 0 radical (unpaired) electrons. The first kappa shape index (κ1) is 13.0. The van der Waals surface area contributed by atoms with Crippen molar-refractivity contribution in [3.05, 3.63) is 0 Å². The molecule has 2 heteroatoms. The highest BCUT2D eigenvalue weighted by atomic mass is 16.5. The molecule has 0 saturated heterocycles. The molecule has 1 fully saturated rings. The Kier molecular flexibility index (Phi) is 5.62. The maximum absolute atomic E-state index is 6.45. The highest BCUT2D eigenvalue weighted by molar-refractivity contribution is 4.90. The van der Waals surface area contributed by atoms with E-state index < -0.39 is 0 Å². The van der Waals surface area contributed by atoms with Crippen molar-refractivity contribution in [3.8, 4) is 0 Å². The molecule has 2 atom stereocenters. The lowest BCUT2D eigenvalue weighted by molar-refractivity contribution is 0.126. The quantitative estimate of drug-likeness (QED) is 0.688. The molecule has 2 nitrogen and oxygen atoms in total. The van der Waals surface area contributed by atoms with Crippen molar-refractivity contribution < 1.29 is 4.74 Å². The summed E-state index contributed by atoms with van der Waals surface area (Å²) in [5.41, 5.74) is 6.57. The summed E-state index contributed by atoms with van der Waals surface area (Å²) in [6.45, 7) is 6.05. The number of rotatable bonds is 6. The third-order valence-corrected chi connectivity index (χ3v) is 3.73. The molecule has 90 valence electrons.